The van der Waals surface area contributed by atoms with Crippen LogP contribution in [0.1, 0.15) is 32.1 Å². The van der Waals surface area contributed by atoms with Crippen LogP contribution in [0.2, 0.25) is 0 Å². The number of amides is 1. The van der Waals surface area contributed by atoms with Crippen molar-refractivity contribution in [1.82, 2.24) is 9.55 Å². The summed E-state index contributed by atoms with van der Waals surface area (Å²) in [5.74, 6) is -0.785. The predicted molar refractivity (Wildman–Crippen MR) is 116 cm³/mol. The highest BCUT2D eigenvalue weighted by molar-refractivity contribution is 5.91. The summed E-state index contributed by atoms with van der Waals surface area (Å²) in [6.07, 6.45) is 7.09. The molecule has 1 N–H and O–H groups in total. The van der Waals surface area contributed by atoms with Crippen molar-refractivity contribution >= 4 is 28.2 Å². The second-order valence-corrected chi connectivity index (χ2v) is 7.81. The van der Waals surface area contributed by atoms with Crippen LogP contribution >= 0.6 is 0 Å². The number of benzene rings is 2. The van der Waals surface area contributed by atoms with E-state index in [1.165, 1.54) is 36.2 Å². The molecular weight excluding hydrogens is 383 g/mol. The van der Waals surface area contributed by atoms with Gasteiger partial charge in [-0.2, -0.15) is 0 Å². The van der Waals surface area contributed by atoms with Crippen molar-refractivity contribution in [2.75, 3.05) is 17.3 Å². The number of para-hydroxylation sites is 1. The number of fused-ring (bicyclic) bond motifs is 1. The van der Waals surface area contributed by atoms with Crippen molar-refractivity contribution in [3.8, 4) is 0 Å². The number of nitrogens with one attached hydrogen (secondary N) is 1. The lowest BCUT2D eigenvalue weighted by Crippen LogP contribution is -2.33. The third-order valence-corrected chi connectivity index (χ3v) is 5.78. The smallest absolute Gasteiger partial charge is 0.261 e. The van der Waals surface area contributed by atoms with Crippen molar-refractivity contribution in [3.63, 3.8) is 0 Å². The number of carbonyl (C=O) groups is 1. The maximum absolute atomic E-state index is 14.7. The van der Waals surface area contributed by atoms with Gasteiger partial charge in [-0.3, -0.25) is 14.2 Å². The van der Waals surface area contributed by atoms with Crippen LogP contribution in [-0.2, 0) is 11.3 Å². The third-order valence-electron chi connectivity index (χ3n) is 5.78. The predicted octanol–water partition coefficient (Wildman–Crippen LogP) is 3.94. The van der Waals surface area contributed by atoms with Gasteiger partial charge in [0.1, 0.15) is 12.4 Å². The molecule has 4 rings (SSSR count). The number of aromatic nitrogens is 2. The van der Waals surface area contributed by atoms with Crippen LogP contribution in [0.25, 0.3) is 10.9 Å². The van der Waals surface area contributed by atoms with Gasteiger partial charge in [-0.1, -0.05) is 31.4 Å². The first kappa shape index (κ1) is 20.1. The van der Waals surface area contributed by atoms with Crippen molar-refractivity contribution in [2.45, 2.75) is 44.7 Å². The molecule has 2 aromatic carbocycles. The molecule has 0 saturated heterocycles. The van der Waals surface area contributed by atoms with Crippen molar-refractivity contribution in [3.05, 3.63) is 65.0 Å². The molecule has 7 heteroatoms. The number of anilines is 2. The summed E-state index contributed by atoms with van der Waals surface area (Å²) in [7, 11) is 1.92. The monoisotopic (exact) mass is 408 g/mol. The second-order valence-electron chi connectivity index (χ2n) is 7.81. The van der Waals surface area contributed by atoms with Crippen LogP contribution in [0.15, 0.2) is 53.6 Å². The molecule has 0 atom stereocenters. The van der Waals surface area contributed by atoms with Gasteiger partial charge in [-0.05, 0) is 43.2 Å². The van der Waals surface area contributed by atoms with Gasteiger partial charge in [0.05, 0.1) is 22.9 Å². The Morgan fingerprint density at radius 3 is 2.73 bits per heavy atom. The molecule has 6 nitrogen and oxygen atoms in total. The summed E-state index contributed by atoms with van der Waals surface area (Å²) >= 11 is 0. The quantitative estimate of drug-likeness (QED) is 0.694. The Balaban J connectivity index is 1.45. The fourth-order valence-electron chi connectivity index (χ4n) is 4.11. The maximum atomic E-state index is 14.7. The Hall–Kier alpha value is -3.22. The van der Waals surface area contributed by atoms with E-state index >= 15 is 0 Å². The zero-order valence-corrected chi connectivity index (χ0v) is 17.0. The van der Waals surface area contributed by atoms with Crippen LogP contribution in [0.4, 0.5) is 15.8 Å². The van der Waals surface area contributed by atoms with Crippen LogP contribution in [0.5, 0.6) is 0 Å². The molecule has 1 aliphatic rings. The van der Waals surface area contributed by atoms with E-state index in [2.05, 4.69) is 10.3 Å². The normalized spacial score (nSPS) is 14.6. The fourth-order valence-corrected chi connectivity index (χ4v) is 4.11. The SMILES string of the molecule is CN(c1ccc(NC(=O)Cn2cnc3ccccc3c2=O)cc1F)C1CCCCC1. The summed E-state index contributed by atoms with van der Waals surface area (Å²) in [6, 6.07) is 12.0. The topological polar surface area (TPSA) is 67.2 Å². The van der Waals surface area contributed by atoms with E-state index in [9.17, 15) is 14.0 Å². The third kappa shape index (κ3) is 4.20. The molecule has 0 spiro atoms. The molecule has 0 aliphatic heterocycles. The molecule has 1 fully saturated rings. The Kier molecular flexibility index (Phi) is 5.79. The molecule has 1 heterocycles. The molecule has 1 amide bonds. The molecule has 0 unspecified atom stereocenters. The first-order chi connectivity index (χ1) is 14.5. The highest BCUT2D eigenvalue weighted by atomic mass is 19.1. The van der Waals surface area contributed by atoms with Gasteiger partial charge < -0.3 is 10.2 Å². The lowest BCUT2D eigenvalue weighted by Gasteiger charge is -2.33. The minimum Gasteiger partial charge on any atom is -0.369 e. The van der Waals surface area contributed by atoms with E-state index in [0.717, 1.165) is 12.8 Å². The molecule has 156 valence electrons. The summed E-state index contributed by atoms with van der Waals surface area (Å²) in [5.41, 5.74) is 1.19. The lowest BCUT2D eigenvalue weighted by molar-refractivity contribution is -0.116. The molecule has 0 radical (unpaired) electrons. The average molecular weight is 408 g/mol. The van der Waals surface area contributed by atoms with E-state index in [1.807, 2.05) is 11.9 Å². The lowest BCUT2D eigenvalue weighted by atomic mass is 9.94. The van der Waals surface area contributed by atoms with Gasteiger partial charge in [0.25, 0.3) is 5.56 Å². The highest BCUT2D eigenvalue weighted by Crippen LogP contribution is 2.29. The first-order valence-corrected chi connectivity index (χ1v) is 10.3. The van der Waals surface area contributed by atoms with Crippen LogP contribution in [-0.4, -0.2) is 28.5 Å². The minimum atomic E-state index is -0.415. The highest BCUT2D eigenvalue weighted by Gasteiger charge is 2.20. The Bertz CT molecular complexity index is 1120. The summed E-state index contributed by atoms with van der Waals surface area (Å²) in [5, 5.41) is 3.12. The standard InChI is InChI=1S/C23H25FN4O2/c1-27(17-7-3-2-4-8-17)21-12-11-16(13-19(21)24)26-22(29)14-28-15-25-20-10-6-5-9-18(20)23(28)30/h5-6,9-13,15,17H,2-4,7-8,14H2,1H3,(H,26,29). The first-order valence-electron chi connectivity index (χ1n) is 10.3. The zero-order valence-electron chi connectivity index (χ0n) is 17.0. The van der Waals surface area contributed by atoms with E-state index in [-0.39, 0.29) is 17.9 Å². The summed E-state index contributed by atoms with van der Waals surface area (Å²) < 4.78 is 16.0. The molecule has 1 aliphatic carbocycles. The Morgan fingerprint density at radius 1 is 1.20 bits per heavy atom. The number of hydrogen-bond acceptors (Lipinski definition) is 4. The number of rotatable bonds is 5. The van der Waals surface area contributed by atoms with Crippen LogP contribution in [0.3, 0.4) is 0 Å². The number of nitrogens with zero attached hydrogens (tertiary/aromatic N) is 3. The van der Waals surface area contributed by atoms with Gasteiger partial charge in [0.2, 0.25) is 5.91 Å². The van der Waals surface area contributed by atoms with E-state index in [0.29, 0.717) is 28.3 Å². The maximum Gasteiger partial charge on any atom is 0.261 e. The molecule has 30 heavy (non-hydrogen) atoms. The molecule has 3 aromatic rings. The summed E-state index contributed by atoms with van der Waals surface area (Å²) in [6.45, 7) is -0.192. The van der Waals surface area contributed by atoms with Gasteiger partial charge in [0.15, 0.2) is 0 Å². The Labute approximate surface area is 174 Å². The van der Waals surface area contributed by atoms with Crippen LogP contribution in [0, 0.1) is 5.82 Å². The largest absolute Gasteiger partial charge is 0.369 e. The van der Waals surface area contributed by atoms with Gasteiger partial charge in [-0.15, -0.1) is 0 Å². The number of carbonyl (C=O) groups excluding carboxylic acids is 1. The van der Waals surface area contributed by atoms with Gasteiger partial charge >= 0.3 is 0 Å². The number of hydrogen-bond donors (Lipinski definition) is 1. The van der Waals surface area contributed by atoms with Gasteiger partial charge in [-0.25, -0.2) is 9.37 Å². The second kappa shape index (κ2) is 8.65. The number of halogens is 1. The van der Waals surface area contributed by atoms with Crippen LogP contribution < -0.4 is 15.8 Å². The molecular formula is C23H25FN4O2. The Morgan fingerprint density at radius 2 is 1.97 bits per heavy atom. The van der Waals surface area contributed by atoms with Crippen molar-refractivity contribution < 1.29 is 9.18 Å². The zero-order chi connectivity index (χ0) is 21.1. The van der Waals surface area contributed by atoms with E-state index in [1.54, 1.807) is 36.4 Å². The van der Waals surface area contributed by atoms with E-state index in [4.69, 9.17) is 0 Å². The summed E-state index contributed by atoms with van der Waals surface area (Å²) in [4.78, 5) is 31.1. The molecule has 1 saturated carbocycles. The van der Waals surface area contributed by atoms with Crippen molar-refractivity contribution in [2.24, 2.45) is 0 Å². The van der Waals surface area contributed by atoms with Gasteiger partial charge in [0, 0.05) is 18.8 Å². The fraction of sp³-hybridized carbons (Fsp3) is 0.348. The minimum absolute atomic E-state index is 0.192. The average Bonchev–Trinajstić information content (AvgIpc) is 2.76. The molecule has 1 aromatic heterocycles. The van der Waals surface area contributed by atoms with Crippen molar-refractivity contribution in [1.29, 1.82) is 0 Å². The molecule has 0 bridgehead atoms. The van der Waals surface area contributed by atoms with E-state index < -0.39 is 5.91 Å².